The Morgan fingerprint density at radius 3 is 2.48 bits per heavy atom. The summed E-state index contributed by atoms with van der Waals surface area (Å²) < 4.78 is 5.87. The van der Waals surface area contributed by atoms with Gasteiger partial charge in [0, 0.05) is 12.1 Å². The molecule has 1 aliphatic rings. The Balaban J connectivity index is 1.46. The third-order valence-electron chi connectivity index (χ3n) is 5.52. The van der Waals surface area contributed by atoms with Crippen molar-refractivity contribution in [1.29, 1.82) is 5.26 Å². The number of benzene rings is 2. The minimum Gasteiger partial charge on any atom is -0.457 e. The summed E-state index contributed by atoms with van der Waals surface area (Å²) in [5.41, 5.74) is 7.71. The van der Waals surface area contributed by atoms with E-state index in [-0.39, 0.29) is 17.7 Å². The van der Waals surface area contributed by atoms with E-state index in [1.54, 1.807) is 6.07 Å². The van der Waals surface area contributed by atoms with Crippen LogP contribution < -0.4 is 21.1 Å². The zero-order valence-corrected chi connectivity index (χ0v) is 18.0. The third kappa shape index (κ3) is 5.28. The molecule has 2 aromatic carbocycles. The standard InChI is InChI=1S/C25H24N6O2/c1-16(14-26)25(32)31-19-10-9-18(13-19)30-24-22(23(27)28-15-29-24)17-7-11-21(12-8-17)33-20-5-3-2-4-6-20/h2-8,11-12,15,18-19H,1,9-10,13H2,(H,31,32)(H3,27,28,29,30). The number of amides is 1. The molecule has 1 aliphatic carbocycles. The maximum Gasteiger partial charge on any atom is 0.261 e. The summed E-state index contributed by atoms with van der Waals surface area (Å²) in [7, 11) is 0. The first-order chi connectivity index (χ1) is 16.0. The van der Waals surface area contributed by atoms with E-state index in [0.29, 0.717) is 29.4 Å². The minimum absolute atomic E-state index is 0.0304. The number of nitriles is 1. The smallest absolute Gasteiger partial charge is 0.261 e. The molecule has 0 bridgehead atoms. The van der Waals surface area contributed by atoms with E-state index in [4.69, 9.17) is 15.7 Å². The van der Waals surface area contributed by atoms with Gasteiger partial charge in [-0.1, -0.05) is 36.9 Å². The summed E-state index contributed by atoms with van der Waals surface area (Å²) >= 11 is 0. The SMILES string of the molecule is C=C(C#N)C(=O)NC1CCC(Nc2ncnc(N)c2-c2ccc(Oc3ccccc3)cc2)C1. The first kappa shape index (κ1) is 21.8. The molecule has 4 rings (SSSR count). The fourth-order valence-electron chi connectivity index (χ4n) is 3.87. The topological polar surface area (TPSA) is 126 Å². The van der Waals surface area contributed by atoms with Crippen LogP contribution in [0.2, 0.25) is 0 Å². The number of nitrogens with zero attached hydrogens (tertiary/aromatic N) is 3. The first-order valence-electron chi connectivity index (χ1n) is 10.6. The molecule has 2 unspecified atom stereocenters. The van der Waals surface area contributed by atoms with Crippen molar-refractivity contribution >= 4 is 17.5 Å². The van der Waals surface area contributed by atoms with Gasteiger partial charge in [-0.3, -0.25) is 4.79 Å². The number of nitrogens with two attached hydrogens (primary N) is 1. The lowest BCUT2D eigenvalue weighted by Crippen LogP contribution is -2.34. The fraction of sp³-hybridized carbons (Fsp3) is 0.200. The van der Waals surface area contributed by atoms with Gasteiger partial charge in [-0.2, -0.15) is 5.26 Å². The molecule has 1 aromatic heterocycles. The second-order valence-corrected chi connectivity index (χ2v) is 7.84. The third-order valence-corrected chi connectivity index (χ3v) is 5.52. The number of anilines is 2. The molecule has 0 saturated heterocycles. The highest BCUT2D eigenvalue weighted by atomic mass is 16.5. The zero-order valence-electron chi connectivity index (χ0n) is 18.0. The Morgan fingerprint density at radius 1 is 1.06 bits per heavy atom. The molecule has 33 heavy (non-hydrogen) atoms. The van der Waals surface area contributed by atoms with Gasteiger partial charge >= 0.3 is 0 Å². The predicted octanol–water partition coefficient (Wildman–Crippen LogP) is 4.05. The number of ether oxygens (including phenoxy) is 1. The highest BCUT2D eigenvalue weighted by molar-refractivity contribution is 5.96. The van der Waals surface area contributed by atoms with Gasteiger partial charge < -0.3 is 21.1 Å². The van der Waals surface area contributed by atoms with Gasteiger partial charge in [-0.15, -0.1) is 0 Å². The van der Waals surface area contributed by atoms with E-state index in [9.17, 15) is 4.79 Å². The number of carbonyl (C=O) groups excluding carboxylic acids is 1. The molecule has 1 amide bonds. The van der Waals surface area contributed by atoms with Crippen molar-refractivity contribution in [2.75, 3.05) is 11.1 Å². The Bertz CT molecular complexity index is 1190. The average Bonchev–Trinajstić information content (AvgIpc) is 3.26. The molecule has 1 saturated carbocycles. The lowest BCUT2D eigenvalue weighted by Gasteiger charge is -2.18. The number of rotatable bonds is 7. The molecule has 1 fully saturated rings. The highest BCUT2D eigenvalue weighted by Gasteiger charge is 2.27. The number of nitrogen functional groups attached to an aromatic ring is 1. The summed E-state index contributed by atoms with van der Waals surface area (Å²) in [6, 6.07) is 19.0. The van der Waals surface area contributed by atoms with Gasteiger partial charge in [0.1, 0.15) is 41.1 Å². The van der Waals surface area contributed by atoms with Gasteiger partial charge in [0.05, 0.1) is 5.56 Å². The van der Waals surface area contributed by atoms with E-state index in [0.717, 1.165) is 24.2 Å². The molecule has 1 heterocycles. The molecule has 0 spiro atoms. The van der Waals surface area contributed by atoms with Crippen molar-refractivity contribution in [2.45, 2.75) is 31.3 Å². The second-order valence-electron chi connectivity index (χ2n) is 7.84. The van der Waals surface area contributed by atoms with Gasteiger partial charge in [-0.25, -0.2) is 9.97 Å². The summed E-state index contributed by atoms with van der Waals surface area (Å²) in [5, 5.41) is 15.1. The van der Waals surface area contributed by atoms with Gasteiger partial charge in [0.2, 0.25) is 0 Å². The van der Waals surface area contributed by atoms with E-state index >= 15 is 0 Å². The van der Waals surface area contributed by atoms with E-state index in [1.165, 1.54) is 6.33 Å². The van der Waals surface area contributed by atoms with Gasteiger partial charge in [-0.05, 0) is 49.1 Å². The Morgan fingerprint density at radius 2 is 1.76 bits per heavy atom. The first-order valence-corrected chi connectivity index (χ1v) is 10.6. The van der Waals surface area contributed by atoms with Crippen molar-refractivity contribution in [1.82, 2.24) is 15.3 Å². The van der Waals surface area contributed by atoms with E-state index < -0.39 is 5.91 Å². The van der Waals surface area contributed by atoms with E-state index in [2.05, 4.69) is 27.2 Å². The van der Waals surface area contributed by atoms with Crippen molar-refractivity contribution in [3.8, 4) is 28.7 Å². The van der Waals surface area contributed by atoms with E-state index in [1.807, 2.05) is 54.6 Å². The van der Waals surface area contributed by atoms with Crippen LogP contribution in [0.3, 0.4) is 0 Å². The second kappa shape index (κ2) is 9.83. The van der Waals surface area contributed by atoms with Crippen molar-refractivity contribution in [2.24, 2.45) is 0 Å². The molecular formula is C25H24N6O2. The summed E-state index contributed by atoms with van der Waals surface area (Å²) in [6.45, 7) is 3.46. The van der Waals surface area contributed by atoms with Crippen molar-refractivity contribution in [3.05, 3.63) is 73.1 Å². The largest absolute Gasteiger partial charge is 0.457 e. The zero-order chi connectivity index (χ0) is 23.2. The monoisotopic (exact) mass is 440 g/mol. The van der Waals surface area contributed by atoms with Crippen LogP contribution in [0, 0.1) is 11.3 Å². The van der Waals surface area contributed by atoms with Gasteiger partial charge in [0.15, 0.2) is 0 Å². The fourth-order valence-corrected chi connectivity index (χ4v) is 3.87. The Labute approximate surface area is 192 Å². The normalized spacial score (nSPS) is 17.1. The molecular weight excluding hydrogens is 416 g/mol. The maximum atomic E-state index is 11.9. The number of nitrogens with one attached hydrogen (secondary N) is 2. The highest BCUT2D eigenvalue weighted by Crippen LogP contribution is 2.34. The van der Waals surface area contributed by atoms with Crippen LogP contribution in [0.1, 0.15) is 19.3 Å². The molecule has 166 valence electrons. The molecule has 0 aliphatic heterocycles. The number of carbonyl (C=O) groups is 1. The van der Waals surface area contributed by atoms with Crippen molar-refractivity contribution in [3.63, 3.8) is 0 Å². The molecule has 0 radical (unpaired) electrons. The molecule has 8 heteroatoms. The van der Waals surface area contributed by atoms with Crippen LogP contribution in [0.4, 0.5) is 11.6 Å². The number of hydrogen-bond acceptors (Lipinski definition) is 7. The molecule has 3 aromatic rings. The average molecular weight is 441 g/mol. The summed E-state index contributed by atoms with van der Waals surface area (Å²) in [5.74, 6) is 2.06. The van der Waals surface area contributed by atoms with Crippen LogP contribution in [-0.4, -0.2) is 28.0 Å². The van der Waals surface area contributed by atoms with Crippen LogP contribution in [0.15, 0.2) is 73.1 Å². The quantitative estimate of drug-likeness (QED) is 0.374. The number of hydrogen-bond donors (Lipinski definition) is 3. The Kier molecular flexibility index (Phi) is 6.51. The van der Waals surface area contributed by atoms with Crippen LogP contribution in [0.5, 0.6) is 11.5 Å². The minimum atomic E-state index is -0.423. The number of aromatic nitrogens is 2. The maximum absolute atomic E-state index is 11.9. The summed E-state index contributed by atoms with van der Waals surface area (Å²) in [4.78, 5) is 20.5. The predicted molar refractivity (Wildman–Crippen MR) is 126 cm³/mol. The lowest BCUT2D eigenvalue weighted by molar-refractivity contribution is -0.117. The number of para-hydroxylation sites is 1. The van der Waals surface area contributed by atoms with Crippen LogP contribution in [-0.2, 0) is 4.79 Å². The lowest BCUT2D eigenvalue weighted by atomic mass is 10.1. The van der Waals surface area contributed by atoms with Crippen LogP contribution >= 0.6 is 0 Å². The summed E-state index contributed by atoms with van der Waals surface area (Å²) in [6.07, 6.45) is 3.78. The molecule has 4 N–H and O–H groups in total. The molecule has 2 atom stereocenters. The van der Waals surface area contributed by atoms with Crippen LogP contribution in [0.25, 0.3) is 11.1 Å². The molecule has 8 nitrogen and oxygen atoms in total. The van der Waals surface area contributed by atoms with Crippen molar-refractivity contribution < 1.29 is 9.53 Å². The Hall–Kier alpha value is -4.38. The van der Waals surface area contributed by atoms with Gasteiger partial charge in [0.25, 0.3) is 5.91 Å².